The maximum atomic E-state index is 11.8. The van der Waals surface area contributed by atoms with Crippen LogP contribution >= 0.6 is 0 Å². The third-order valence-corrected chi connectivity index (χ3v) is 2.59. The van der Waals surface area contributed by atoms with E-state index in [1.807, 2.05) is 38.1 Å². The first-order valence-corrected chi connectivity index (χ1v) is 4.63. The van der Waals surface area contributed by atoms with Gasteiger partial charge in [0.2, 0.25) is 0 Å². The molecule has 1 aliphatic carbocycles. The number of carbonyl (C=O) groups excluding carboxylic acids is 1. The van der Waals surface area contributed by atoms with Gasteiger partial charge in [-0.3, -0.25) is 4.79 Å². The molecule has 0 unspecified atom stereocenters. The molecule has 1 aromatic rings. The second-order valence-corrected chi connectivity index (χ2v) is 3.68. The van der Waals surface area contributed by atoms with Gasteiger partial charge in [0.15, 0.2) is 5.78 Å². The number of hydrogen-bond acceptors (Lipinski definition) is 1. The average Bonchev–Trinajstić information content (AvgIpc) is 2.14. The van der Waals surface area contributed by atoms with Crippen LogP contribution in [0.2, 0.25) is 0 Å². The van der Waals surface area contributed by atoms with Crippen LogP contribution in [0.5, 0.6) is 0 Å². The minimum atomic E-state index is 0.121. The summed E-state index contributed by atoms with van der Waals surface area (Å²) in [6.07, 6.45) is 1.86. The third kappa shape index (κ3) is 1.13. The van der Waals surface area contributed by atoms with E-state index in [1.165, 1.54) is 0 Å². The summed E-state index contributed by atoms with van der Waals surface area (Å²) in [5, 5.41) is 0. The number of benzene rings is 1. The molecule has 1 aromatic carbocycles. The molecule has 0 bridgehead atoms. The van der Waals surface area contributed by atoms with E-state index in [4.69, 9.17) is 0 Å². The largest absolute Gasteiger partial charge is 0.289 e. The second-order valence-electron chi connectivity index (χ2n) is 3.68. The summed E-state index contributed by atoms with van der Waals surface area (Å²) in [4.78, 5) is 11.8. The second kappa shape index (κ2) is 2.95. The van der Waals surface area contributed by atoms with Crippen molar-refractivity contribution in [2.45, 2.75) is 13.8 Å². The zero-order chi connectivity index (χ0) is 10.3. The summed E-state index contributed by atoms with van der Waals surface area (Å²) in [5.74, 6) is 0.121. The molecule has 70 valence electrons. The molecule has 0 heterocycles. The summed E-state index contributed by atoms with van der Waals surface area (Å²) in [7, 11) is 0. The van der Waals surface area contributed by atoms with Crippen LogP contribution in [0.3, 0.4) is 0 Å². The number of fused-ring (bicyclic) bond motifs is 1. The van der Waals surface area contributed by atoms with Crippen LogP contribution in [0.25, 0.3) is 5.57 Å². The highest BCUT2D eigenvalue weighted by molar-refractivity contribution is 6.15. The van der Waals surface area contributed by atoms with E-state index in [9.17, 15) is 4.79 Å². The molecule has 0 fully saturated rings. The van der Waals surface area contributed by atoms with Crippen LogP contribution in [0, 0.1) is 6.92 Å². The van der Waals surface area contributed by atoms with Gasteiger partial charge >= 0.3 is 0 Å². The molecule has 1 heteroatoms. The van der Waals surface area contributed by atoms with Gasteiger partial charge in [-0.1, -0.05) is 24.8 Å². The number of hydrogen-bond donors (Lipinski definition) is 0. The van der Waals surface area contributed by atoms with Gasteiger partial charge in [0.25, 0.3) is 0 Å². The van der Waals surface area contributed by atoms with E-state index in [2.05, 4.69) is 6.58 Å². The van der Waals surface area contributed by atoms with Gasteiger partial charge in [0.05, 0.1) is 0 Å². The Labute approximate surface area is 83.8 Å². The fourth-order valence-corrected chi connectivity index (χ4v) is 1.89. The van der Waals surface area contributed by atoms with E-state index in [0.717, 1.165) is 27.8 Å². The Kier molecular flexibility index (Phi) is 1.88. The first-order valence-electron chi connectivity index (χ1n) is 4.63. The molecule has 0 aliphatic heterocycles. The maximum absolute atomic E-state index is 11.8. The summed E-state index contributed by atoms with van der Waals surface area (Å²) in [5.41, 5.74) is 4.62. The number of rotatable bonds is 0. The minimum Gasteiger partial charge on any atom is -0.289 e. The Morgan fingerprint density at radius 1 is 1.21 bits per heavy atom. The fourth-order valence-electron chi connectivity index (χ4n) is 1.89. The monoisotopic (exact) mass is 184 g/mol. The fraction of sp³-hybridized carbons (Fsp3) is 0.154. The van der Waals surface area contributed by atoms with E-state index >= 15 is 0 Å². The third-order valence-electron chi connectivity index (χ3n) is 2.59. The number of carbonyl (C=O) groups is 1. The van der Waals surface area contributed by atoms with Crippen molar-refractivity contribution in [1.82, 2.24) is 0 Å². The highest BCUT2D eigenvalue weighted by atomic mass is 16.1. The lowest BCUT2D eigenvalue weighted by Crippen LogP contribution is -2.10. The van der Waals surface area contributed by atoms with Crippen molar-refractivity contribution >= 4 is 11.4 Å². The molecular weight excluding hydrogens is 172 g/mol. The first kappa shape index (κ1) is 8.95. The van der Waals surface area contributed by atoms with E-state index in [1.54, 1.807) is 0 Å². The minimum absolute atomic E-state index is 0.121. The molecule has 14 heavy (non-hydrogen) atoms. The molecule has 2 rings (SSSR count). The normalized spacial score (nSPS) is 15.1. The molecule has 0 N–H and O–H groups in total. The van der Waals surface area contributed by atoms with E-state index in [0.29, 0.717) is 0 Å². The molecule has 1 nitrogen and oxygen atoms in total. The van der Waals surface area contributed by atoms with Crippen molar-refractivity contribution < 1.29 is 4.79 Å². The van der Waals surface area contributed by atoms with Crippen molar-refractivity contribution in [2.24, 2.45) is 0 Å². The molecular formula is C13H12O. The number of Topliss-reactive ketones (excluding diaryl/α,β-unsaturated/α-hetero) is 1. The van der Waals surface area contributed by atoms with Crippen LogP contribution in [0.1, 0.15) is 28.4 Å². The molecule has 0 aromatic heterocycles. The SMILES string of the molecule is C=C1C=C(C)C(=O)c2cccc(C)c21. The molecule has 0 amide bonds. The van der Waals surface area contributed by atoms with Gasteiger partial charge < -0.3 is 0 Å². The predicted molar refractivity (Wildman–Crippen MR) is 58.3 cm³/mol. The number of allylic oxidation sites excluding steroid dienone is 3. The van der Waals surface area contributed by atoms with Gasteiger partial charge in [0.1, 0.15) is 0 Å². The van der Waals surface area contributed by atoms with Gasteiger partial charge in [-0.15, -0.1) is 0 Å². The molecule has 0 radical (unpaired) electrons. The van der Waals surface area contributed by atoms with Crippen molar-refractivity contribution in [2.75, 3.05) is 0 Å². The number of ketones is 1. The zero-order valence-electron chi connectivity index (χ0n) is 8.42. The lowest BCUT2D eigenvalue weighted by atomic mass is 9.86. The summed E-state index contributed by atoms with van der Waals surface area (Å²) in [6.45, 7) is 7.81. The van der Waals surface area contributed by atoms with E-state index < -0.39 is 0 Å². The van der Waals surface area contributed by atoms with Crippen molar-refractivity contribution in [1.29, 1.82) is 0 Å². The highest BCUT2D eigenvalue weighted by Crippen LogP contribution is 2.30. The Morgan fingerprint density at radius 3 is 2.64 bits per heavy atom. The maximum Gasteiger partial charge on any atom is 0.189 e. The Morgan fingerprint density at radius 2 is 1.93 bits per heavy atom. The smallest absolute Gasteiger partial charge is 0.189 e. The zero-order valence-corrected chi connectivity index (χ0v) is 8.42. The average molecular weight is 184 g/mol. The molecule has 0 spiro atoms. The van der Waals surface area contributed by atoms with Crippen LogP contribution in [-0.2, 0) is 0 Å². The van der Waals surface area contributed by atoms with E-state index in [-0.39, 0.29) is 5.78 Å². The van der Waals surface area contributed by atoms with Gasteiger partial charge in [-0.05, 0) is 42.2 Å². The lowest BCUT2D eigenvalue weighted by Gasteiger charge is -2.17. The topological polar surface area (TPSA) is 17.1 Å². The summed E-state index contributed by atoms with van der Waals surface area (Å²) < 4.78 is 0. The quantitative estimate of drug-likeness (QED) is 0.605. The van der Waals surface area contributed by atoms with Gasteiger partial charge in [-0.2, -0.15) is 0 Å². The van der Waals surface area contributed by atoms with Gasteiger partial charge in [0, 0.05) is 5.56 Å². The van der Waals surface area contributed by atoms with Gasteiger partial charge in [-0.25, -0.2) is 0 Å². The van der Waals surface area contributed by atoms with Crippen molar-refractivity contribution in [3.63, 3.8) is 0 Å². The summed E-state index contributed by atoms with van der Waals surface area (Å²) in [6, 6.07) is 5.79. The van der Waals surface area contributed by atoms with Crippen molar-refractivity contribution in [3.8, 4) is 0 Å². The highest BCUT2D eigenvalue weighted by Gasteiger charge is 2.20. The van der Waals surface area contributed by atoms with Crippen molar-refractivity contribution in [3.05, 3.63) is 53.1 Å². The first-order chi connectivity index (χ1) is 6.61. The molecule has 0 saturated heterocycles. The van der Waals surface area contributed by atoms with Crippen LogP contribution in [0.15, 0.2) is 36.4 Å². The molecule has 1 aliphatic rings. The Balaban J connectivity index is 2.75. The Bertz CT molecular complexity index is 464. The lowest BCUT2D eigenvalue weighted by molar-refractivity contribution is 0.103. The van der Waals surface area contributed by atoms with Crippen LogP contribution in [0.4, 0.5) is 0 Å². The predicted octanol–water partition coefficient (Wildman–Crippen LogP) is 3.15. The summed E-state index contributed by atoms with van der Waals surface area (Å²) >= 11 is 0. The van der Waals surface area contributed by atoms with Crippen LogP contribution < -0.4 is 0 Å². The standard InChI is InChI=1S/C13H12O/c1-8-5-4-6-11-12(8)9(2)7-10(3)13(11)14/h4-7H,2H2,1,3H3. The Hall–Kier alpha value is -1.63. The number of aryl methyl sites for hydroxylation is 1. The van der Waals surface area contributed by atoms with Crippen LogP contribution in [-0.4, -0.2) is 5.78 Å². The molecule has 0 atom stereocenters. The molecule has 0 saturated carbocycles.